The van der Waals surface area contributed by atoms with Crippen LogP contribution in [0.15, 0.2) is 12.4 Å². The minimum absolute atomic E-state index is 0.0355. The van der Waals surface area contributed by atoms with Crippen LogP contribution >= 0.6 is 0 Å². The van der Waals surface area contributed by atoms with Crippen LogP contribution in [0, 0.1) is 5.92 Å². The number of carbonyl (C=O) groups is 1. The van der Waals surface area contributed by atoms with Crippen LogP contribution in [-0.4, -0.2) is 22.1 Å². The van der Waals surface area contributed by atoms with Crippen LogP contribution in [-0.2, 0) is 17.8 Å². The normalized spacial score (nSPS) is 19.1. The zero-order valence-corrected chi connectivity index (χ0v) is 11.9. The summed E-state index contributed by atoms with van der Waals surface area (Å²) >= 11 is 0. The topological polar surface area (TPSA) is 54.3 Å². The van der Waals surface area contributed by atoms with E-state index in [0.29, 0.717) is 19.0 Å². The monoisotopic (exact) mass is 264 g/mol. The Morgan fingerprint density at radius 1 is 1.47 bits per heavy atom. The summed E-state index contributed by atoms with van der Waals surface area (Å²) in [6, 6.07) is 0. The number of nitrogens with one attached hydrogen (secondary N) is 1. The van der Waals surface area contributed by atoms with E-state index < -0.39 is 0 Å². The van der Waals surface area contributed by atoms with Crippen LogP contribution in [0.1, 0.15) is 50.3 Å². The van der Waals surface area contributed by atoms with Gasteiger partial charge in [0.15, 0.2) is 0 Å². The number of aliphatic hydroxyl groups is 1. The molecule has 0 bridgehead atoms. The van der Waals surface area contributed by atoms with E-state index in [-0.39, 0.29) is 12.0 Å². The average Bonchev–Trinajstić information content (AvgIpc) is 2.67. The Morgan fingerprint density at radius 3 is 3.00 bits per heavy atom. The lowest BCUT2D eigenvalue weighted by Gasteiger charge is -2.08. The molecule has 2 N–H and O–H groups in total. The smallest absolute Gasteiger partial charge is 0.239 e. The summed E-state index contributed by atoms with van der Waals surface area (Å²) in [4.78, 5) is 11.8. The van der Waals surface area contributed by atoms with Gasteiger partial charge in [0.25, 0.3) is 0 Å². The summed E-state index contributed by atoms with van der Waals surface area (Å²) < 4.78 is 1.90. The van der Waals surface area contributed by atoms with Crippen LogP contribution in [0.3, 0.4) is 0 Å². The molecule has 1 aromatic rings. The molecule has 0 saturated carbocycles. The largest absolute Gasteiger partial charge is 0.388 e. The van der Waals surface area contributed by atoms with Crippen LogP contribution in [0.2, 0.25) is 0 Å². The zero-order valence-electron chi connectivity index (χ0n) is 11.9. The molecule has 106 valence electrons. The molecule has 0 aromatic carbocycles. The van der Waals surface area contributed by atoms with Crippen molar-refractivity contribution in [2.75, 3.05) is 6.54 Å². The second kappa shape index (κ2) is 6.24. The third kappa shape index (κ3) is 3.83. The molecule has 2 rings (SSSR count). The Labute approximate surface area is 114 Å². The maximum Gasteiger partial charge on any atom is 0.239 e. The van der Waals surface area contributed by atoms with Crippen molar-refractivity contribution in [3.8, 4) is 0 Å². The fourth-order valence-corrected chi connectivity index (χ4v) is 2.52. The van der Waals surface area contributed by atoms with Gasteiger partial charge in [-0.1, -0.05) is 20.3 Å². The van der Waals surface area contributed by atoms with E-state index in [1.807, 2.05) is 17.0 Å². The standard InChI is InChI=1S/C15H24N2O2/c1-11(2)7-16-15(19)10-17-8-12-5-3-4-6-14(18)13(12)9-17/h8-9,11,14,18H,3-7,10H2,1-2H3,(H,16,19). The Balaban J connectivity index is 1.98. The number of nitrogens with zero attached hydrogens (tertiary/aromatic N) is 1. The first-order valence-electron chi connectivity index (χ1n) is 7.19. The minimum Gasteiger partial charge on any atom is -0.388 e. The van der Waals surface area contributed by atoms with E-state index >= 15 is 0 Å². The van der Waals surface area contributed by atoms with Crippen molar-refractivity contribution in [1.82, 2.24) is 9.88 Å². The quantitative estimate of drug-likeness (QED) is 0.817. The first-order valence-corrected chi connectivity index (χ1v) is 7.19. The molecular formula is C15H24N2O2. The summed E-state index contributed by atoms with van der Waals surface area (Å²) in [6.07, 6.45) is 7.61. The maximum atomic E-state index is 11.8. The molecule has 19 heavy (non-hydrogen) atoms. The van der Waals surface area contributed by atoms with Crippen molar-refractivity contribution in [1.29, 1.82) is 0 Å². The van der Waals surface area contributed by atoms with Gasteiger partial charge in [-0.05, 0) is 30.7 Å². The highest BCUT2D eigenvalue weighted by molar-refractivity contribution is 5.75. The molecule has 1 heterocycles. The Bertz CT molecular complexity index is 437. The average molecular weight is 264 g/mol. The van der Waals surface area contributed by atoms with Gasteiger partial charge in [0.05, 0.1) is 6.10 Å². The van der Waals surface area contributed by atoms with Gasteiger partial charge in [-0.3, -0.25) is 4.79 Å². The van der Waals surface area contributed by atoms with Crippen LogP contribution in [0.4, 0.5) is 0 Å². The summed E-state index contributed by atoms with van der Waals surface area (Å²) in [5.74, 6) is 0.500. The van der Waals surface area contributed by atoms with Gasteiger partial charge in [-0.2, -0.15) is 0 Å². The fraction of sp³-hybridized carbons (Fsp3) is 0.667. The van der Waals surface area contributed by atoms with E-state index in [1.165, 1.54) is 5.56 Å². The van der Waals surface area contributed by atoms with Crippen molar-refractivity contribution >= 4 is 5.91 Å². The second-order valence-electron chi connectivity index (χ2n) is 5.87. The van der Waals surface area contributed by atoms with E-state index in [9.17, 15) is 9.90 Å². The number of amides is 1. The molecule has 1 aliphatic rings. The Kier molecular flexibility index (Phi) is 4.64. The number of rotatable bonds is 4. The van der Waals surface area contributed by atoms with Crippen LogP contribution in [0.25, 0.3) is 0 Å². The molecule has 1 atom stereocenters. The van der Waals surface area contributed by atoms with Crippen molar-refractivity contribution in [2.24, 2.45) is 5.92 Å². The van der Waals surface area contributed by atoms with E-state index in [4.69, 9.17) is 0 Å². The fourth-order valence-electron chi connectivity index (χ4n) is 2.52. The van der Waals surface area contributed by atoms with E-state index in [1.54, 1.807) is 0 Å². The zero-order chi connectivity index (χ0) is 13.8. The molecule has 0 aliphatic heterocycles. The molecule has 1 unspecified atom stereocenters. The molecule has 1 aliphatic carbocycles. The maximum absolute atomic E-state index is 11.8. The number of carbonyl (C=O) groups excluding carboxylic acids is 1. The number of aliphatic hydroxyl groups excluding tert-OH is 1. The van der Waals surface area contributed by atoms with E-state index in [0.717, 1.165) is 31.2 Å². The van der Waals surface area contributed by atoms with Gasteiger partial charge in [0, 0.05) is 24.5 Å². The van der Waals surface area contributed by atoms with Crippen molar-refractivity contribution in [3.63, 3.8) is 0 Å². The molecule has 0 spiro atoms. The lowest BCUT2D eigenvalue weighted by molar-refractivity contribution is -0.121. The molecule has 4 heteroatoms. The van der Waals surface area contributed by atoms with Gasteiger partial charge in [0.1, 0.15) is 6.54 Å². The van der Waals surface area contributed by atoms with Gasteiger partial charge in [-0.25, -0.2) is 0 Å². The Morgan fingerprint density at radius 2 is 2.26 bits per heavy atom. The van der Waals surface area contributed by atoms with Gasteiger partial charge >= 0.3 is 0 Å². The predicted octanol–water partition coefficient (Wildman–Crippen LogP) is 2.02. The highest BCUT2D eigenvalue weighted by atomic mass is 16.3. The highest BCUT2D eigenvalue weighted by Crippen LogP contribution is 2.29. The molecule has 1 amide bonds. The van der Waals surface area contributed by atoms with Gasteiger partial charge in [-0.15, -0.1) is 0 Å². The second-order valence-corrected chi connectivity index (χ2v) is 5.87. The number of aryl methyl sites for hydroxylation is 1. The molecule has 1 aromatic heterocycles. The highest BCUT2D eigenvalue weighted by Gasteiger charge is 2.18. The number of hydrogen-bond donors (Lipinski definition) is 2. The molecule has 0 fully saturated rings. The third-order valence-electron chi connectivity index (χ3n) is 3.56. The lowest BCUT2D eigenvalue weighted by atomic mass is 10.1. The molecule has 0 radical (unpaired) electrons. The summed E-state index contributed by atoms with van der Waals surface area (Å²) in [7, 11) is 0. The number of aromatic nitrogens is 1. The Hall–Kier alpha value is -1.29. The van der Waals surface area contributed by atoms with Crippen LogP contribution in [0.5, 0.6) is 0 Å². The summed E-state index contributed by atoms with van der Waals surface area (Å²) in [5, 5.41) is 13.0. The third-order valence-corrected chi connectivity index (χ3v) is 3.56. The summed E-state index contributed by atoms with van der Waals surface area (Å²) in [5.41, 5.74) is 2.20. The number of fused-ring (bicyclic) bond motifs is 1. The first kappa shape index (κ1) is 14.1. The van der Waals surface area contributed by atoms with Crippen molar-refractivity contribution in [3.05, 3.63) is 23.5 Å². The predicted molar refractivity (Wildman–Crippen MR) is 74.8 cm³/mol. The first-order chi connectivity index (χ1) is 9.06. The molecule has 4 nitrogen and oxygen atoms in total. The van der Waals surface area contributed by atoms with Crippen molar-refractivity contribution in [2.45, 2.75) is 52.2 Å². The van der Waals surface area contributed by atoms with Gasteiger partial charge in [0.2, 0.25) is 5.91 Å². The lowest BCUT2D eigenvalue weighted by Crippen LogP contribution is -2.30. The molecule has 0 saturated heterocycles. The summed E-state index contributed by atoms with van der Waals surface area (Å²) in [6.45, 7) is 5.21. The van der Waals surface area contributed by atoms with Crippen molar-refractivity contribution < 1.29 is 9.90 Å². The van der Waals surface area contributed by atoms with Crippen LogP contribution < -0.4 is 5.32 Å². The number of hydrogen-bond acceptors (Lipinski definition) is 2. The van der Waals surface area contributed by atoms with E-state index in [2.05, 4.69) is 19.2 Å². The SMILES string of the molecule is CC(C)CNC(=O)Cn1cc2c(c1)C(O)CCCC2. The van der Waals surface area contributed by atoms with Gasteiger partial charge < -0.3 is 15.0 Å². The molecular weight excluding hydrogens is 240 g/mol. The minimum atomic E-state index is -0.363.